The molecular formula is C18H22N4OS. The molecule has 2 amide bonds. The fourth-order valence-electron chi connectivity index (χ4n) is 1.85. The Labute approximate surface area is 147 Å². The van der Waals surface area contributed by atoms with E-state index in [0.717, 1.165) is 10.4 Å². The molecule has 5 nitrogen and oxygen atoms in total. The van der Waals surface area contributed by atoms with Crippen molar-refractivity contribution in [3.8, 4) is 11.8 Å². The smallest absolute Gasteiger partial charge is 0.308 e. The van der Waals surface area contributed by atoms with Crippen LogP contribution in [0, 0.1) is 11.8 Å². The van der Waals surface area contributed by atoms with Crippen molar-refractivity contribution in [2.45, 2.75) is 19.8 Å². The molecule has 126 valence electrons. The van der Waals surface area contributed by atoms with Gasteiger partial charge in [0.05, 0.1) is 6.54 Å². The molecule has 0 bridgehead atoms. The molecule has 2 aromatic rings. The van der Waals surface area contributed by atoms with E-state index in [1.165, 1.54) is 11.3 Å². The summed E-state index contributed by atoms with van der Waals surface area (Å²) in [5, 5.41) is 6.16. The van der Waals surface area contributed by atoms with Crippen LogP contribution in [0.5, 0.6) is 0 Å². The van der Waals surface area contributed by atoms with E-state index in [9.17, 15) is 4.79 Å². The van der Waals surface area contributed by atoms with E-state index in [4.69, 9.17) is 0 Å². The van der Waals surface area contributed by atoms with E-state index in [0.29, 0.717) is 23.3 Å². The Morgan fingerprint density at radius 1 is 1.33 bits per heavy atom. The summed E-state index contributed by atoms with van der Waals surface area (Å²) < 4.78 is 0. The van der Waals surface area contributed by atoms with Crippen LogP contribution in [-0.4, -0.2) is 36.6 Å². The lowest BCUT2D eigenvalue weighted by Gasteiger charge is -2.06. The highest BCUT2D eigenvalue weighted by Gasteiger charge is 2.09. The molecular weight excluding hydrogens is 320 g/mol. The molecule has 0 aliphatic carbocycles. The molecule has 0 spiro atoms. The van der Waals surface area contributed by atoms with Crippen molar-refractivity contribution in [2.24, 2.45) is 0 Å². The summed E-state index contributed by atoms with van der Waals surface area (Å²) in [6, 6.07) is 7.16. The van der Waals surface area contributed by atoms with Crippen LogP contribution in [0.15, 0.2) is 30.5 Å². The molecule has 1 aromatic heterocycles. The topological polar surface area (TPSA) is 57.3 Å². The SMILES string of the molecule is CC(C)c1cnc(NC(=O)Nc2cccc(C#CCN(C)C)c2)s1. The largest absolute Gasteiger partial charge is 0.325 e. The Morgan fingerprint density at radius 2 is 2.12 bits per heavy atom. The van der Waals surface area contributed by atoms with Gasteiger partial charge in [-0.2, -0.15) is 0 Å². The van der Waals surface area contributed by atoms with E-state index in [2.05, 4.69) is 41.3 Å². The minimum absolute atomic E-state index is 0.307. The van der Waals surface area contributed by atoms with E-state index < -0.39 is 0 Å². The molecule has 2 rings (SSSR count). The number of benzene rings is 1. The highest BCUT2D eigenvalue weighted by Crippen LogP contribution is 2.25. The van der Waals surface area contributed by atoms with E-state index in [1.54, 1.807) is 6.20 Å². The maximum absolute atomic E-state index is 12.1. The third-order valence-corrected chi connectivity index (χ3v) is 4.27. The number of hydrogen-bond acceptors (Lipinski definition) is 4. The standard InChI is InChI=1S/C18H22N4OS/c1-13(2)16-12-19-18(24-16)21-17(23)20-15-9-5-7-14(11-15)8-6-10-22(3)4/h5,7,9,11-13H,10H2,1-4H3,(H2,19,20,21,23). The Morgan fingerprint density at radius 3 is 2.79 bits per heavy atom. The molecule has 0 radical (unpaired) electrons. The average Bonchev–Trinajstić information content (AvgIpc) is 2.96. The zero-order chi connectivity index (χ0) is 17.5. The molecule has 1 heterocycles. The number of anilines is 2. The van der Waals surface area contributed by atoms with Crippen molar-refractivity contribution >= 4 is 28.2 Å². The molecule has 2 N–H and O–H groups in total. The Hall–Kier alpha value is -2.36. The Kier molecular flexibility index (Phi) is 6.36. The van der Waals surface area contributed by atoms with Crippen molar-refractivity contribution in [1.82, 2.24) is 9.88 Å². The summed E-state index contributed by atoms with van der Waals surface area (Å²) in [6.07, 6.45) is 1.80. The van der Waals surface area contributed by atoms with Gasteiger partial charge in [-0.25, -0.2) is 9.78 Å². The molecule has 1 aromatic carbocycles. The first kappa shape index (κ1) is 18.0. The lowest BCUT2D eigenvalue weighted by atomic mass is 10.2. The summed E-state index contributed by atoms with van der Waals surface area (Å²) >= 11 is 1.49. The van der Waals surface area contributed by atoms with Crippen LogP contribution < -0.4 is 10.6 Å². The second-order valence-electron chi connectivity index (χ2n) is 5.92. The van der Waals surface area contributed by atoms with Gasteiger partial charge in [0.1, 0.15) is 0 Å². The van der Waals surface area contributed by atoms with Crippen molar-refractivity contribution in [3.05, 3.63) is 40.9 Å². The van der Waals surface area contributed by atoms with E-state index >= 15 is 0 Å². The first-order valence-corrected chi connectivity index (χ1v) is 8.53. The van der Waals surface area contributed by atoms with Crippen molar-refractivity contribution in [1.29, 1.82) is 0 Å². The monoisotopic (exact) mass is 342 g/mol. The van der Waals surface area contributed by atoms with E-state index in [1.807, 2.05) is 43.3 Å². The van der Waals surface area contributed by atoms with Crippen LogP contribution in [0.25, 0.3) is 0 Å². The minimum atomic E-state index is -0.307. The summed E-state index contributed by atoms with van der Waals surface area (Å²) in [5.74, 6) is 6.56. The van der Waals surface area contributed by atoms with Crippen molar-refractivity contribution in [2.75, 3.05) is 31.3 Å². The van der Waals surface area contributed by atoms with Crippen LogP contribution in [0.2, 0.25) is 0 Å². The van der Waals surface area contributed by atoms with Gasteiger partial charge in [-0.05, 0) is 38.2 Å². The maximum atomic E-state index is 12.1. The third-order valence-electron chi connectivity index (χ3n) is 3.06. The molecule has 0 fully saturated rings. The summed E-state index contributed by atoms with van der Waals surface area (Å²) in [7, 11) is 3.95. The number of rotatable bonds is 4. The second kappa shape index (κ2) is 8.48. The maximum Gasteiger partial charge on any atom is 0.325 e. The van der Waals surface area contributed by atoms with Gasteiger partial charge in [0, 0.05) is 22.3 Å². The van der Waals surface area contributed by atoms with Crippen LogP contribution >= 0.6 is 11.3 Å². The van der Waals surface area contributed by atoms with Gasteiger partial charge in [0.2, 0.25) is 0 Å². The van der Waals surface area contributed by atoms with Gasteiger partial charge in [-0.3, -0.25) is 10.2 Å². The van der Waals surface area contributed by atoms with Crippen LogP contribution in [0.1, 0.15) is 30.2 Å². The number of carbonyl (C=O) groups is 1. The van der Waals surface area contributed by atoms with Gasteiger partial charge < -0.3 is 5.32 Å². The van der Waals surface area contributed by atoms with Crippen LogP contribution in [0.4, 0.5) is 15.6 Å². The highest BCUT2D eigenvalue weighted by molar-refractivity contribution is 7.15. The number of urea groups is 1. The van der Waals surface area contributed by atoms with Crippen molar-refractivity contribution < 1.29 is 4.79 Å². The fraction of sp³-hybridized carbons (Fsp3) is 0.333. The predicted octanol–water partition coefficient (Wildman–Crippen LogP) is 3.82. The molecule has 6 heteroatoms. The van der Waals surface area contributed by atoms with Crippen LogP contribution in [-0.2, 0) is 0 Å². The summed E-state index contributed by atoms with van der Waals surface area (Å²) in [4.78, 5) is 19.4. The molecule has 0 aliphatic heterocycles. The quantitative estimate of drug-likeness (QED) is 0.831. The number of thiazole rings is 1. The zero-order valence-corrected chi connectivity index (χ0v) is 15.2. The predicted molar refractivity (Wildman–Crippen MR) is 101 cm³/mol. The molecule has 24 heavy (non-hydrogen) atoms. The Balaban J connectivity index is 1.96. The second-order valence-corrected chi connectivity index (χ2v) is 6.98. The first-order chi connectivity index (χ1) is 11.4. The third kappa shape index (κ3) is 5.69. The first-order valence-electron chi connectivity index (χ1n) is 7.71. The lowest BCUT2D eigenvalue weighted by Crippen LogP contribution is -2.19. The number of nitrogens with one attached hydrogen (secondary N) is 2. The summed E-state index contributed by atoms with van der Waals surface area (Å²) in [6.45, 7) is 4.89. The Bertz CT molecular complexity index is 756. The van der Waals surface area contributed by atoms with Gasteiger partial charge in [0.15, 0.2) is 5.13 Å². The minimum Gasteiger partial charge on any atom is -0.308 e. The van der Waals surface area contributed by atoms with Gasteiger partial charge in [0.25, 0.3) is 0 Å². The van der Waals surface area contributed by atoms with Gasteiger partial charge in [-0.15, -0.1) is 11.3 Å². The number of nitrogens with zero attached hydrogens (tertiary/aromatic N) is 2. The lowest BCUT2D eigenvalue weighted by molar-refractivity contribution is 0.262. The van der Waals surface area contributed by atoms with Crippen LogP contribution in [0.3, 0.4) is 0 Å². The zero-order valence-electron chi connectivity index (χ0n) is 14.4. The van der Waals surface area contributed by atoms with E-state index in [-0.39, 0.29) is 6.03 Å². The number of aromatic nitrogens is 1. The van der Waals surface area contributed by atoms with Gasteiger partial charge >= 0.3 is 6.03 Å². The normalized spacial score (nSPS) is 10.4. The highest BCUT2D eigenvalue weighted by atomic mass is 32.1. The van der Waals surface area contributed by atoms with Crippen molar-refractivity contribution in [3.63, 3.8) is 0 Å². The molecule has 0 saturated carbocycles. The molecule has 0 unspecified atom stereocenters. The summed E-state index contributed by atoms with van der Waals surface area (Å²) in [5.41, 5.74) is 1.57. The molecule has 0 atom stereocenters. The molecule has 0 saturated heterocycles. The fourth-order valence-corrected chi connectivity index (χ4v) is 2.66. The average molecular weight is 342 g/mol. The number of amides is 2. The number of carbonyl (C=O) groups excluding carboxylic acids is 1. The molecule has 0 aliphatic rings. The van der Waals surface area contributed by atoms with Gasteiger partial charge in [-0.1, -0.05) is 31.8 Å². The number of hydrogen-bond donors (Lipinski definition) is 2.